The Labute approximate surface area is 169 Å². The fraction of sp³-hybridized carbons (Fsp3) is 0.350. The van der Waals surface area contributed by atoms with E-state index in [1.165, 1.54) is 34.6 Å². The number of rotatable bonds is 5. The molecule has 0 aliphatic carbocycles. The van der Waals surface area contributed by atoms with Crippen LogP contribution in [0.1, 0.15) is 41.6 Å². The molecule has 0 bridgehead atoms. The van der Waals surface area contributed by atoms with Crippen molar-refractivity contribution in [2.24, 2.45) is 0 Å². The lowest BCUT2D eigenvalue weighted by Crippen LogP contribution is -2.32. The van der Waals surface area contributed by atoms with Crippen LogP contribution in [0.4, 0.5) is 11.4 Å². The largest absolute Gasteiger partial charge is 0.322 e. The molecule has 0 unspecified atom stereocenters. The summed E-state index contributed by atoms with van der Waals surface area (Å²) in [5.41, 5.74) is 1.10. The fourth-order valence-electron chi connectivity index (χ4n) is 3.31. The third kappa shape index (κ3) is 4.80. The number of sulfonamides is 1. The van der Waals surface area contributed by atoms with Crippen LogP contribution in [0.25, 0.3) is 0 Å². The van der Waals surface area contributed by atoms with Crippen molar-refractivity contribution in [1.82, 2.24) is 4.31 Å². The van der Waals surface area contributed by atoms with Gasteiger partial charge in [0.25, 0.3) is 11.6 Å². The van der Waals surface area contributed by atoms with Gasteiger partial charge in [-0.1, -0.05) is 18.9 Å². The van der Waals surface area contributed by atoms with Crippen LogP contribution in [0.3, 0.4) is 0 Å². The normalized spacial score (nSPS) is 15.5. The van der Waals surface area contributed by atoms with Crippen molar-refractivity contribution >= 4 is 27.3 Å². The van der Waals surface area contributed by atoms with Crippen molar-refractivity contribution < 1.29 is 18.1 Å². The second kappa shape index (κ2) is 8.71. The molecule has 2 aromatic rings. The first-order valence-corrected chi connectivity index (χ1v) is 10.9. The molecule has 0 saturated carbocycles. The van der Waals surface area contributed by atoms with Gasteiger partial charge in [0.2, 0.25) is 10.0 Å². The summed E-state index contributed by atoms with van der Waals surface area (Å²) in [6, 6.07) is 10.0. The van der Waals surface area contributed by atoms with Gasteiger partial charge in [0.1, 0.15) is 0 Å². The zero-order valence-corrected chi connectivity index (χ0v) is 16.9. The smallest absolute Gasteiger partial charge is 0.269 e. The molecule has 154 valence electrons. The number of amides is 1. The van der Waals surface area contributed by atoms with Crippen molar-refractivity contribution in [1.29, 1.82) is 0 Å². The molecule has 1 fully saturated rings. The predicted molar refractivity (Wildman–Crippen MR) is 109 cm³/mol. The first-order valence-electron chi connectivity index (χ1n) is 9.45. The number of aryl methyl sites for hydroxylation is 1. The Morgan fingerprint density at radius 2 is 1.66 bits per heavy atom. The van der Waals surface area contributed by atoms with Gasteiger partial charge in [-0.25, -0.2) is 8.42 Å². The van der Waals surface area contributed by atoms with E-state index in [-0.39, 0.29) is 16.1 Å². The number of non-ortho nitro benzene ring substituents is 1. The first kappa shape index (κ1) is 20.9. The van der Waals surface area contributed by atoms with E-state index < -0.39 is 20.9 Å². The van der Waals surface area contributed by atoms with Crippen molar-refractivity contribution in [3.8, 4) is 0 Å². The van der Waals surface area contributed by atoms with Crippen molar-refractivity contribution in [2.75, 3.05) is 18.4 Å². The maximum Gasteiger partial charge on any atom is 0.269 e. The summed E-state index contributed by atoms with van der Waals surface area (Å²) in [5, 5.41) is 13.4. The van der Waals surface area contributed by atoms with E-state index in [2.05, 4.69) is 5.32 Å². The van der Waals surface area contributed by atoms with Gasteiger partial charge in [-0.05, 0) is 49.6 Å². The molecular weight excluding hydrogens is 394 g/mol. The highest BCUT2D eigenvalue weighted by molar-refractivity contribution is 7.89. The molecule has 1 heterocycles. The molecule has 0 radical (unpaired) electrons. The molecule has 29 heavy (non-hydrogen) atoms. The minimum atomic E-state index is -3.68. The van der Waals surface area contributed by atoms with Crippen LogP contribution in [-0.4, -0.2) is 36.6 Å². The minimum Gasteiger partial charge on any atom is -0.322 e. The van der Waals surface area contributed by atoms with Crippen molar-refractivity contribution in [3.05, 3.63) is 63.7 Å². The molecule has 0 spiro atoms. The number of nitrogens with zero attached hydrogens (tertiary/aromatic N) is 2. The number of carbonyl (C=O) groups excluding carboxylic acids is 1. The number of benzene rings is 2. The predicted octanol–water partition coefficient (Wildman–Crippen LogP) is 3.72. The van der Waals surface area contributed by atoms with E-state index in [0.717, 1.165) is 25.7 Å². The topological polar surface area (TPSA) is 110 Å². The van der Waals surface area contributed by atoms with Gasteiger partial charge in [0.05, 0.1) is 9.82 Å². The van der Waals surface area contributed by atoms with E-state index in [1.807, 2.05) is 0 Å². The van der Waals surface area contributed by atoms with Crippen LogP contribution in [0.15, 0.2) is 47.4 Å². The lowest BCUT2D eigenvalue weighted by atomic mass is 10.1. The molecule has 0 atom stereocenters. The molecule has 3 rings (SSSR count). The van der Waals surface area contributed by atoms with Crippen LogP contribution in [0.5, 0.6) is 0 Å². The second-order valence-corrected chi connectivity index (χ2v) is 8.96. The summed E-state index contributed by atoms with van der Waals surface area (Å²) >= 11 is 0. The molecule has 1 N–H and O–H groups in total. The molecule has 1 saturated heterocycles. The SMILES string of the molecule is Cc1ccc(C(=O)Nc2ccc([N+](=O)[O-])cc2)cc1S(=O)(=O)N1CCCCCC1. The number of carbonyl (C=O) groups is 1. The molecule has 9 heteroatoms. The highest BCUT2D eigenvalue weighted by Gasteiger charge is 2.27. The third-order valence-corrected chi connectivity index (χ3v) is 7.01. The van der Waals surface area contributed by atoms with Gasteiger partial charge >= 0.3 is 0 Å². The van der Waals surface area contributed by atoms with Crippen molar-refractivity contribution in [3.63, 3.8) is 0 Å². The van der Waals surface area contributed by atoms with Crippen molar-refractivity contribution in [2.45, 2.75) is 37.5 Å². The van der Waals surface area contributed by atoms with Gasteiger partial charge in [0, 0.05) is 36.5 Å². The lowest BCUT2D eigenvalue weighted by Gasteiger charge is -2.21. The second-order valence-electron chi connectivity index (χ2n) is 7.06. The highest BCUT2D eigenvalue weighted by atomic mass is 32.2. The number of hydrogen-bond acceptors (Lipinski definition) is 5. The molecular formula is C20H23N3O5S. The number of hydrogen-bond donors (Lipinski definition) is 1. The standard InChI is InChI=1S/C20H23N3O5S/c1-15-6-7-16(20(24)21-17-8-10-18(11-9-17)23(25)26)14-19(15)29(27,28)22-12-4-2-3-5-13-22/h6-11,14H,2-5,12-13H2,1H3,(H,21,24). The molecule has 1 amide bonds. The summed E-state index contributed by atoms with van der Waals surface area (Å²) in [6.07, 6.45) is 3.70. The Bertz CT molecular complexity index is 1010. The molecule has 1 aliphatic rings. The summed E-state index contributed by atoms with van der Waals surface area (Å²) in [7, 11) is -3.68. The van der Waals surface area contributed by atoms with E-state index in [4.69, 9.17) is 0 Å². The average Bonchev–Trinajstić information content (AvgIpc) is 2.98. The zero-order valence-electron chi connectivity index (χ0n) is 16.1. The Kier molecular flexibility index (Phi) is 6.29. The first-order chi connectivity index (χ1) is 13.8. The summed E-state index contributed by atoms with van der Waals surface area (Å²) in [6.45, 7) is 2.69. The highest BCUT2D eigenvalue weighted by Crippen LogP contribution is 2.25. The number of nitrogens with one attached hydrogen (secondary N) is 1. The number of anilines is 1. The lowest BCUT2D eigenvalue weighted by molar-refractivity contribution is -0.384. The molecule has 8 nitrogen and oxygen atoms in total. The van der Waals surface area contributed by atoms with Gasteiger partial charge in [-0.3, -0.25) is 14.9 Å². The van der Waals surface area contributed by atoms with Gasteiger partial charge in [0.15, 0.2) is 0 Å². The molecule has 2 aromatic carbocycles. The third-order valence-electron chi connectivity index (χ3n) is 4.97. The van der Waals surface area contributed by atoms with Crippen LogP contribution >= 0.6 is 0 Å². The van der Waals surface area contributed by atoms with Crippen LogP contribution in [0.2, 0.25) is 0 Å². The van der Waals surface area contributed by atoms with Crippen LogP contribution in [-0.2, 0) is 10.0 Å². The van der Waals surface area contributed by atoms with Crippen LogP contribution < -0.4 is 5.32 Å². The Morgan fingerprint density at radius 1 is 1.03 bits per heavy atom. The minimum absolute atomic E-state index is 0.0795. The average molecular weight is 417 g/mol. The Balaban J connectivity index is 1.84. The maximum absolute atomic E-state index is 13.1. The Morgan fingerprint density at radius 3 is 2.24 bits per heavy atom. The summed E-state index contributed by atoms with van der Waals surface area (Å²) in [5.74, 6) is -0.480. The quantitative estimate of drug-likeness (QED) is 0.589. The molecule has 0 aromatic heterocycles. The zero-order chi connectivity index (χ0) is 21.0. The van der Waals surface area contributed by atoms with Crippen LogP contribution in [0, 0.1) is 17.0 Å². The maximum atomic E-state index is 13.1. The summed E-state index contributed by atoms with van der Waals surface area (Å²) in [4.78, 5) is 22.9. The van der Waals surface area contributed by atoms with Gasteiger partial charge < -0.3 is 5.32 Å². The number of nitro benzene ring substituents is 1. The Hall–Kier alpha value is -2.78. The molecule has 1 aliphatic heterocycles. The van der Waals surface area contributed by atoms with E-state index in [1.54, 1.807) is 19.1 Å². The van der Waals surface area contributed by atoms with Gasteiger partial charge in [-0.2, -0.15) is 4.31 Å². The van der Waals surface area contributed by atoms with E-state index >= 15 is 0 Å². The fourth-order valence-corrected chi connectivity index (χ4v) is 5.08. The van der Waals surface area contributed by atoms with E-state index in [9.17, 15) is 23.3 Å². The van der Waals surface area contributed by atoms with Gasteiger partial charge in [-0.15, -0.1) is 0 Å². The van der Waals surface area contributed by atoms with E-state index in [0.29, 0.717) is 24.3 Å². The number of nitro groups is 1. The summed E-state index contributed by atoms with van der Waals surface area (Å²) < 4.78 is 27.8. The monoisotopic (exact) mass is 417 g/mol.